The minimum Gasteiger partial charge on any atom is -0.444 e. The van der Waals surface area contributed by atoms with Gasteiger partial charge in [0.25, 0.3) is 5.91 Å². The van der Waals surface area contributed by atoms with Crippen LogP contribution in [0, 0.1) is 6.92 Å². The van der Waals surface area contributed by atoms with Gasteiger partial charge in [0, 0.05) is 32.2 Å². The summed E-state index contributed by atoms with van der Waals surface area (Å²) in [5, 5.41) is 7.80. The van der Waals surface area contributed by atoms with Crippen LogP contribution in [0.15, 0.2) is 43.0 Å². The molecule has 0 saturated heterocycles. The Morgan fingerprint density at radius 1 is 0.750 bits per heavy atom. The summed E-state index contributed by atoms with van der Waals surface area (Å²) < 4.78 is 13.5. The zero-order valence-corrected chi connectivity index (χ0v) is 26.0. The van der Waals surface area contributed by atoms with Crippen LogP contribution in [0.1, 0.15) is 57.7 Å². The lowest BCUT2D eigenvalue weighted by Gasteiger charge is -2.19. The van der Waals surface area contributed by atoms with Gasteiger partial charge in [0.15, 0.2) is 11.6 Å². The topological polar surface area (TPSA) is 210 Å². The number of nitrogens with one attached hydrogen (secondary N) is 3. The molecule has 2 heterocycles. The quantitative estimate of drug-likeness (QED) is 0.383. The van der Waals surface area contributed by atoms with Crippen molar-refractivity contribution in [3.05, 3.63) is 54.4 Å². The average molecular weight is 616 g/mol. The first-order valence-corrected chi connectivity index (χ1v) is 12.7. The minimum absolute atomic E-state index is 0.182. The van der Waals surface area contributed by atoms with Crippen LogP contribution in [-0.4, -0.2) is 60.7 Å². The first-order valence-electron chi connectivity index (χ1n) is 12.7. The van der Waals surface area contributed by atoms with E-state index in [1.54, 1.807) is 51.1 Å². The average Bonchev–Trinajstić information content (AvgIpc) is 3.43. The Labute approximate surface area is 254 Å². The van der Waals surface area contributed by atoms with E-state index in [9.17, 15) is 14.4 Å². The molecule has 3 rings (SSSR count). The molecule has 3 N–H and O–H groups in total. The van der Waals surface area contributed by atoms with Gasteiger partial charge in [0.1, 0.15) is 11.2 Å². The van der Waals surface area contributed by atoms with E-state index in [0.29, 0.717) is 11.5 Å². The lowest BCUT2D eigenvalue weighted by Crippen LogP contribution is -2.27. The molecule has 3 aromatic rings. The largest absolute Gasteiger partial charge is 0.444 e. The predicted molar refractivity (Wildman–Crippen MR) is 155 cm³/mol. The van der Waals surface area contributed by atoms with Crippen LogP contribution < -0.4 is 16.0 Å². The first kappa shape index (κ1) is 38.4. The molecular formula is C28H37N7O9. The Hall–Kier alpha value is -5.59. The number of hydrogen-bond donors (Lipinski definition) is 3. The number of nitrogens with zero attached hydrogens (tertiary/aromatic N) is 4. The third-order valence-electron chi connectivity index (χ3n) is 4.35. The Kier molecular flexibility index (Phi) is 15.8. The van der Waals surface area contributed by atoms with Crippen molar-refractivity contribution in [3.8, 4) is 0 Å². The van der Waals surface area contributed by atoms with Crippen molar-refractivity contribution in [2.24, 2.45) is 14.1 Å². The van der Waals surface area contributed by atoms with Crippen LogP contribution in [0.5, 0.6) is 0 Å². The normalized spacial score (nSPS) is 9.93. The molecule has 44 heavy (non-hydrogen) atoms. The Bertz CT molecular complexity index is 1420. The molecule has 3 amide bonds. The molecule has 0 unspecified atom stereocenters. The molecule has 0 aliphatic carbocycles. The van der Waals surface area contributed by atoms with Gasteiger partial charge in [0.2, 0.25) is 5.82 Å². The fourth-order valence-electron chi connectivity index (χ4n) is 2.86. The van der Waals surface area contributed by atoms with Gasteiger partial charge in [-0.3, -0.25) is 15.4 Å². The maximum absolute atomic E-state index is 12.3. The fourth-order valence-corrected chi connectivity index (χ4v) is 2.86. The molecule has 0 radical (unpaired) electrons. The maximum Gasteiger partial charge on any atom is 0.413 e. The number of ether oxygens (including phenoxy) is 2. The van der Waals surface area contributed by atoms with E-state index >= 15 is 0 Å². The van der Waals surface area contributed by atoms with Crippen molar-refractivity contribution in [2.75, 3.05) is 16.0 Å². The zero-order chi connectivity index (χ0) is 34.1. The highest BCUT2D eigenvalue weighted by Crippen LogP contribution is 2.14. The number of benzene rings is 1. The Morgan fingerprint density at radius 3 is 1.61 bits per heavy atom. The molecule has 2 aromatic heterocycles. The monoisotopic (exact) mass is 615 g/mol. The van der Waals surface area contributed by atoms with E-state index in [0.717, 1.165) is 5.56 Å². The number of aromatic nitrogens is 4. The van der Waals surface area contributed by atoms with Crippen LogP contribution >= 0.6 is 0 Å². The lowest BCUT2D eigenvalue weighted by molar-refractivity contribution is -0.193. The SMILES string of the molecule is Cc1ccc(NC(=O)c2nc(NC(=O)OC(C)(C)C)cn2C)cc1.Cn1cnc(NC(=O)OC(C)(C)C)c1.O=C=O.O=C=O. The van der Waals surface area contributed by atoms with Crippen molar-refractivity contribution < 1.29 is 43.0 Å². The van der Waals surface area contributed by atoms with E-state index in [1.165, 1.54) is 4.57 Å². The molecule has 0 aliphatic rings. The van der Waals surface area contributed by atoms with E-state index in [1.807, 2.05) is 59.0 Å². The van der Waals surface area contributed by atoms with Crippen molar-refractivity contribution in [1.82, 2.24) is 19.1 Å². The molecular weight excluding hydrogens is 578 g/mol. The summed E-state index contributed by atoms with van der Waals surface area (Å²) in [6.45, 7) is 12.7. The predicted octanol–water partition coefficient (Wildman–Crippen LogP) is 3.93. The number of carbonyl (C=O) groups is 3. The lowest BCUT2D eigenvalue weighted by atomic mass is 10.2. The number of amides is 3. The second-order valence-electron chi connectivity index (χ2n) is 10.7. The Morgan fingerprint density at radius 2 is 1.20 bits per heavy atom. The molecule has 0 saturated carbocycles. The molecule has 16 nitrogen and oxygen atoms in total. The van der Waals surface area contributed by atoms with Crippen molar-refractivity contribution in [3.63, 3.8) is 0 Å². The first-order chi connectivity index (χ1) is 20.3. The van der Waals surface area contributed by atoms with E-state index in [4.69, 9.17) is 28.7 Å². The summed E-state index contributed by atoms with van der Waals surface area (Å²) in [5.74, 6) is 0.558. The number of hydrogen-bond acceptors (Lipinski definition) is 11. The summed E-state index contributed by atoms with van der Waals surface area (Å²) in [7, 11) is 3.50. The van der Waals surface area contributed by atoms with Gasteiger partial charge in [-0.05, 0) is 60.6 Å². The second-order valence-corrected chi connectivity index (χ2v) is 10.7. The van der Waals surface area contributed by atoms with Gasteiger partial charge >= 0.3 is 24.5 Å². The van der Waals surface area contributed by atoms with Gasteiger partial charge in [-0.25, -0.2) is 19.6 Å². The number of imidazole rings is 2. The van der Waals surface area contributed by atoms with Crippen LogP contribution in [0.2, 0.25) is 0 Å². The molecule has 16 heteroatoms. The molecule has 0 spiro atoms. The summed E-state index contributed by atoms with van der Waals surface area (Å²) in [4.78, 5) is 75.9. The molecule has 0 bridgehead atoms. The van der Waals surface area contributed by atoms with Crippen LogP contribution in [0.3, 0.4) is 0 Å². The van der Waals surface area contributed by atoms with E-state index in [2.05, 4.69) is 25.9 Å². The number of rotatable bonds is 4. The van der Waals surface area contributed by atoms with Crippen molar-refractivity contribution in [2.45, 2.75) is 59.7 Å². The number of anilines is 3. The third-order valence-corrected chi connectivity index (χ3v) is 4.35. The summed E-state index contributed by atoms with van der Waals surface area (Å²) >= 11 is 0. The molecule has 238 valence electrons. The van der Waals surface area contributed by atoms with Crippen LogP contribution in [-0.2, 0) is 42.7 Å². The van der Waals surface area contributed by atoms with Crippen molar-refractivity contribution >= 4 is 47.7 Å². The molecule has 0 aliphatic heterocycles. The van der Waals surface area contributed by atoms with Gasteiger partial charge < -0.3 is 23.9 Å². The van der Waals surface area contributed by atoms with Crippen LogP contribution in [0.4, 0.5) is 26.9 Å². The third kappa shape index (κ3) is 17.3. The summed E-state index contributed by atoms with van der Waals surface area (Å²) in [6, 6.07) is 7.44. The number of carbonyl (C=O) groups excluding carboxylic acids is 7. The maximum atomic E-state index is 12.3. The van der Waals surface area contributed by atoms with Crippen molar-refractivity contribution in [1.29, 1.82) is 0 Å². The highest BCUT2D eigenvalue weighted by molar-refractivity contribution is 6.02. The van der Waals surface area contributed by atoms with Gasteiger partial charge in [-0.1, -0.05) is 17.7 Å². The van der Waals surface area contributed by atoms with Gasteiger partial charge in [-0.15, -0.1) is 0 Å². The smallest absolute Gasteiger partial charge is 0.413 e. The molecule has 1 aromatic carbocycles. The van der Waals surface area contributed by atoms with Crippen LogP contribution in [0.25, 0.3) is 0 Å². The van der Waals surface area contributed by atoms with E-state index in [-0.39, 0.29) is 29.9 Å². The minimum atomic E-state index is -0.619. The van der Waals surface area contributed by atoms with Gasteiger partial charge in [-0.2, -0.15) is 19.2 Å². The van der Waals surface area contributed by atoms with E-state index < -0.39 is 23.4 Å². The number of aryl methyl sites for hydroxylation is 3. The Balaban J connectivity index is 0.000000780. The highest BCUT2D eigenvalue weighted by Gasteiger charge is 2.20. The second kappa shape index (κ2) is 18.1. The zero-order valence-electron chi connectivity index (χ0n) is 26.0. The molecule has 0 atom stereocenters. The highest BCUT2D eigenvalue weighted by atomic mass is 16.6. The summed E-state index contributed by atoms with van der Waals surface area (Å²) in [6.07, 6.45) is 4.24. The summed E-state index contributed by atoms with van der Waals surface area (Å²) in [5.41, 5.74) is 0.688. The fraction of sp³-hybridized carbons (Fsp3) is 0.393. The molecule has 0 fully saturated rings. The standard InChI is InChI=1S/C17H22N4O3.C9H15N3O2.2CO2/c1-11-6-8-12(9-7-11)18-15(22)14-19-13(10-21(14)5)20-16(23)24-17(2,3)4;1-9(2,3)14-8(13)11-7-5-12(4)6-10-7;2*2-1-3/h6-10H,1-5H3,(H,18,22)(H,20,23);5-6H,1-4H3,(H,11,13);;. The van der Waals surface area contributed by atoms with Gasteiger partial charge in [0.05, 0.1) is 6.33 Å².